The van der Waals surface area contributed by atoms with Gasteiger partial charge in [0.1, 0.15) is 18.1 Å². The normalized spacial score (nSPS) is 39.4. The van der Waals surface area contributed by atoms with Crippen molar-refractivity contribution >= 4 is 35.3 Å². The minimum absolute atomic E-state index is 0.164. The predicted octanol–water partition coefficient (Wildman–Crippen LogP) is 2.72. The predicted molar refractivity (Wildman–Crippen MR) is 116 cm³/mol. The minimum atomic E-state index is -1.79. The Labute approximate surface area is 202 Å². The summed E-state index contributed by atoms with van der Waals surface area (Å²) >= 11 is 6.26. The van der Waals surface area contributed by atoms with Gasteiger partial charge in [-0.2, -0.15) is 0 Å². The van der Waals surface area contributed by atoms with E-state index in [-0.39, 0.29) is 18.7 Å². The molecule has 1 spiro atoms. The molecule has 7 atom stereocenters. The van der Waals surface area contributed by atoms with E-state index in [9.17, 15) is 24.3 Å². The van der Waals surface area contributed by atoms with Crippen LogP contribution >= 0.6 is 11.6 Å². The number of cyclic esters (lactones) is 1. The highest BCUT2D eigenvalue weighted by Gasteiger charge is 2.77. The highest BCUT2D eigenvalue weighted by Crippen LogP contribution is 2.67. The summed E-state index contributed by atoms with van der Waals surface area (Å²) in [6.07, 6.45) is 2.21. The molecular weight excluding hydrogens is 468 g/mol. The van der Waals surface area contributed by atoms with E-state index in [4.69, 9.17) is 30.2 Å². The Bertz CT molecular complexity index is 991. The Hall–Kier alpha value is -2.39. The molecule has 1 aromatic heterocycles. The molecule has 0 aromatic carbocycles. The van der Waals surface area contributed by atoms with Crippen molar-refractivity contribution in [1.82, 2.24) is 0 Å². The Balaban J connectivity index is 1.93. The van der Waals surface area contributed by atoms with Crippen molar-refractivity contribution in [2.75, 3.05) is 12.5 Å². The van der Waals surface area contributed by atoms with Crippen LogP contribution in [0.25, 0.3) is 0 Å². The first-order valence-electron chi connectivity index (χ1n) is 11.4. The Morgan fingerprint density at radius 1 is 1.26 bits per heavy atom. The third-order valence-electron chi connectivity index (χ3n) is 8.18. The molecule has 2 heterocycles. The van der Waals surface area contributed by atoms with E-state index >= 15 is 0 Å². The van der Waals surface area contributed by atoms with Crippen LogP contribution in [0.5, 0.6) is 0 Å². The highest BCUT2D eigenvalue weighted by molar-refractivity contribution is 6.19. The van der Waals surface area contributed by atoms with E-state index in [1.807, 2.05) is 0 Å². The number of fused-ring (bicyclic) bond motifs is 2. The first-order chi connectivity index (χ1) is 16.0. The number of carbonyl (C=O) groups is 4. The summed E-state index contributed by atoms with van der Waals surface area (Å²) in [4.78, 5) is 51.7. The van der Waals surface area contributed by atoms with Crippen molar-refractivity contribution in [3.05, 3.63) is 24.2 Å². The maximum absolute atomic E-state index is 14.1. The molecule has 1 saturated heterocycles. The van der Waals surface area contributed by atoms with Crippen LogP contribution < -0.4 is 0 Å². The van der Waals surface area contributed by atoms with Crippen molar-refractivity contribution in [2.24, 2.45) is 22.7 Å². The van der Waals surface area contributed by atoms with Gasteiger partial charge < -0.3 is 23.7 Å². The lowest BCUT2D eigenvalue weighted by Gasteiger charge is -2.62. The van der Waals surface area contributed by atoms with Crippen LogP contribution in [-0.2, 0) is 33.4 Å². The summed E-state index contributed by atoms with van der Waals surface area (Å²) in [6.45, 7) is 3.58. The first kappa shape index (κ1) is 24.7. The number of ether oxygens (including phenoxy) is 3. The lowest BCUT2D eigenvalue weighted by Crippen LogP contribution is -2.74. The third kappa shape index (κ3) is 3.39. The van der Waals surface area contributed by atoms with Crippen molar-refractivity contribution in [3.8, 4) is 0 Å². The molecule has 3 fully saturated rings. The van der Waals surface area contributed by atoms with E-state index in [0.29, 0.717) is 18.4 Å². The molecule has 34 heavy (non-hydrogen) atoms. The van der Waals surface area contributed by atoms with Gasteiger partial charge in [0.15, 0.2) is 11.9 Å². The number of aliphatic hydroxyl groups is 1. The average molecular weight is 497 g/mol. The van der Waals surface area contributed by atoms with Crippen molar-refractivity contribution in [3.63, 3.8) is 0 Å². The van der Waals surface area contributed by atoms with E-state index in [1.54, 1.807) is 13.0 Å². The monoisotopic (exact) mass is 496 g/mol. The average Bonchev–Trinajstić information content (AvgIpc) is 3.43. The molecule has 3 aliphatic rings. The summed E-state index contributed by atoms with van der Waals surface area (Å²) in [5, 5.41) is 11.8. The van der Waals surface area contributed by atoms with Crippen LogP contribution in [0.1, 0.15) is 58.1 Å². The van der Waals surface area contributed by atoms with Gasteiger partial charge in [0.05, 0.1) is 29.4 Å². The van der Waals surface area contributed by atoms with Crippen molar-refractivity contribution in [2.45, 2.75) is 64.3 Å². The van der Waals surface area contributed by atoms with Crippen LogP contribution in [0.4, 0.5) is 0 Å². The standard InChI is InChI=1S/C24H29ClO9/c1-13-19(33-15(3)27)20(28)24(12-32-14(2)26)18(5-4-7-22(24,30)11-25)23(13)9-17(34-21(23)29)16-6-8-31-10-16/h6,8,10,13,17-19,30H,4-5,7,9,11-12H2,1-3H3/t13-,17+,18-,19-,22+,23-,24+/m1/s1. The zero-order valence-electron chi connectivity index (χ0n) is 19.4. The largest absolute Gasteiger partial charge is 0.472 e. The zero-order valence-corrected chi connectivity index (χ0v) is 20.1. The number of alkyl halides is 1. The van der Waals surface area contributed by atoms with Gasteiger partial charge in [-0.3, -0.25) is 19.2 Å². The molecule has 2 aliphatic carbocycles. The molecule has 1 aliphatic heterocycles. The number of halogens is 1. The first-order valence-corrected chi connectivity index (χ1v) is 11.9. The number of rotatable bonds is 5. The number of esters is 3. The summed E-state index contributed by atoms with van der Waals surface area (Å²) < 4.78 is 21.8. The van der Waals surface area contributed by atoms with Crippen LogP contribution in [0.3, 0.4) is 0 Å². The maximum Gasteiger partial charge on any atom is 0.313 e. The number of Topliss-reactive ketones (excluding diaryl/α,β-unsaturated/α-hetero) is 1. The molecule has 2 saturated carbocycles. The smallest absolute Gasteiger partial charge is 0.313 e. The van der Waals surface area contributed by atoms with Crippen LogP contribution in [0, 0.1) is 22.7 Å². The van der Waals surface area contributed by atoms with Gasteiger partial charge in [0.25, 0.3) is 0 Å². The van der Waals surface area contributed by atoms with Gasteiger partial charge in [-0.1, -0.05) is 13.3 Å². The van der Waals surface area contributed by atoms with Crippen molar-refractivity contribution < 1.29 is 42.9 Å². The lowest BCUT2D eigenvalue weighted by molar-refractivity contribution is -0.232. The quantitative estimate of drug-likeness (QED) is 0.371. The summed E-state index contributed by atoms with van der Waals surface area (Å²) in [5.41, 5.74) is -4.18. The van der Waals surface area contributed by atoms with Crippen LogP contribution in [-0.4, -0.2) is 53.0 Å². The second kappa shape index (κ2) is 8.68. The third-order valence-corrected chi connectivity index (χ3v) is 8.62. The Morgan fingerprint density at radius 2 is 2.00 bits per heavy atom. The van der Waals surface area contributed by atoms with Gasteiger partial charge in [-0.25, -0.2) is 0 Å². The Morgan fingerprint density at radius 3 is 2.59 bits per heavy atom. The summed E-state index contributed by atoms with van der Waals surface area (Å²) in [5.74, 6) is -4.32. The number of ketones is 1. The van der Waals surface area contributed by atoms with Crippen LogP contribution in [0.2, 0.25) is 0 Å². The second-order valence-corrected chi connectivity index (χ2v) is 10.0. The summed E-state index contributed by atoms with van der Waals surface area (Å²) in [6, 6.07) is 1.70. The molecule has 0 unspecified atom stereocenters. The van der Waals surface area contributed by atoms with Crippen LogP contribution in [0.15, 0.2) is 23.0 Å². The molecule has 10 heteroatoms. The number of furan rings is 1. The molecule has 1 N–H and O–H groups in total. The maximum atomic E-state index is 14.1. The zero-order chi connectivity index (χ0) is 24.9. The molecule has 0 radical (unpaired) electrons. The fraction of sp³-hybridized carbons (Fsp3) is 0.667. The highest BCUT2D eigenvalue weighted by atomic mass is 35.5. The van der Waals surface area contributed by atoms with E-state index in [2.05, 4.69) is 0 Å². The van der Waals surface area contributed by atoms with Gasteiger partial charge >= 0.3 is 17.9 Å². The topological polar surface area (TPSA) is 129 Å². The lowest BCUT2D eigenvalue weighted by atomic mass is 9.41. The van der Waals surface area contributed by atoms with E-state index in [1.165, 1.54) is 26.4 Å². The summed E-state index contributed by atoms with van der Waals surface area (Å²) in [7, 11) is 0. The van der Waals surface area contributed by atoms with E-state index in [0.717, 1.165) is 0 Å². The Kier molecular flexibility index (Phi) is 6.31. The van der Waals surface area contributed by atoms with Gasteiger partial charge in [-0.05, 0) is 24.8 Å². The second-order valence-electron chi connectivity index (χ2n) is 9.74. The molecule has 4 rings (SSSR count). The number of hydrogen-bond donors (Lipinski definition) is 1. The molecule has 1 aromatic rings. The van der Waals surface area contributed by atoms with Gasteiger partial charge in [-0.15, -0.1) is 11.6 Å². The van der Waals surface area contributed by atoms with Gasteiger partial charge in [0, 0.05) is 31.7 Å². The molecule has 186 valence electrons. The molecular formula is C24H29ClO9. The molecule has 0 amide bonds. The van der Waals surface area contributed by atoms with Gasteiger partial charge in [0.2, 0.25) is 0 Å². The minimum Gasteiger partial charge on any atom is -0.472 e. The fourth-order valence-corrected chi connectivity index (χ4v) is 6.94. The number of carbonyl (C=O) groups excluding carboxylic acids is 4. The fourth-order valence-electron chi connectivity index (χ4n) is 6.57. The SMILES string of the molecule is CC(=O)OC[C@@]12C(=O)[C@H](OC(C)=O)[C@@H](C)[C@]3(C[C@@H](c4ccoc4)OC3=O)[C@H]1CCC[C@]2(O)CCl. The molecule has 9 nitrogen and oxygen atoms in total. The molecule has 0 bridgehead atoms. The van der Waals surface area contributed by atoms with E-state index < -0.39 is 70.8 Å². The van der Waals surface area contributed by atoms with Crippen molar-refractivity contribution in [1.29, 1.82) is 0 Å². The number of hydrogen-bond acceptors (Lipinski definition) is 9.